The Morgan fingerprint density at radius 1 is 1.17 bits per heavy atom. The number of carboxylic acids is 1. The van der Waals surface area contributed by atoms with Crippen LogP contribution in [0.15, 0.2) is 28.8 Å². The summed E-state index contributed by atoms with van der Waals surface area (Å²) in [4.78, 5) is 16.0. The van der Waals surface area contributed by atoms with Crippen LogP contribution in [0.1, 0.15) is 77.6 Å². The van der Waals surface area contributed by atoms with Crippen LogP contribution in [-0.4, -0.2) is 52.5 Å². The van der Waals surface area contributed by atoms with Gasteiger partial charge in [-0.15, -0.1) is 0 Å². The fourth-order valence-corrected chi connectivity index (χ4v) is 4.36. The third kappa shape index (κ3) is 8.80. The van der Waals surface area contributed by atoms with E-state index >= 15 is 0 Å². The first-order valence-corrected chi connectivity index (χ1v) is 12.2. The molecule has 1 aliphatic carbocycles. The first-order valence-electron chi connectivity index (χ1n) is 12.2. The molecule has 1 heterocycles. The molecule has 1 aromatic heterocycles. The van der Waals surface area contributed by atoms with Crippen LogP contribution >= 0.6 is 0 Å². The molecule has 1 aromatic carbocycles. The van der Waals surface area contributed by atoms with E-state index in [1.807, 2.05) is 0 Å². The fraction of sp³-hybridized carbons (Fsp3) is 0.654. The van der Waals surface area contributed by atoms with Crippen LogP contribution in [-0.2, 0) is 16.8 Å². The third-order valence-electron chi connectivity index (χ3n) is 5.74. The van der Waals surface area contributed by atoms with Gasteiger partial charge in [0.2, 0.25) is 5.89 Å². The third-order valence-corrected chi connectivity index (χ3v) is 5.74. The Hall–Kier alpha value is -2.62. The molecule has 7 nitrogen and oxygen atoms in total. The molecule has 0 saturated heterocycles. The molecule has 0 unspecified atom stereocenters. The second kappa shape index (κ2) is 12.1. The lowest BCUT2D eigenvalue weighted by Gasteiger charge is -2.26. The molecular formula is C26H38F3N3O4. The summed E-state index contributed by atoms with van der Waals surface area (Å²) < 4.78 is 43.3. The molecule has 0 amide bonds. The molecule has 0 bridgehead atoms. The van der Waals surface area contributed by atoms with Gasteiger partial charge < -0.3 is 14.4 Å². The zero-order valence-electron chi connectivity index (χ0n) is 22.0. The Balaban J connectivity index is 0.000000572. The maximum atomic E-state index is 10.6. The summed E-state index contributed by atoms with van der Waals surface area (Å²) in [5, 5.41) is 11.6. The summed E-state index contributed by atoms with van der Waals surface area (Å²) >= 11 is 0. The van der Waals surface area contributed by atoms with Crippen LogP contribution in [0.2, 0.25) is 0 Å². The quantitative estimate of drug-likeness (QED) is 0.458. The van der Waals surface area contributed by atoms with Crippen LogP contribution in [0.5, 0.6) is 5.75 Å². The van der Waals surface area contributed by atoms with Gasteiger partial charge >= 0.3 is 12.1 Å². The average molecular weight is 514 g/mol. The Kier molecular flexibility index (Phi) is 9.93. The van der Waals surface area contributed by atoms with Gasteiger partial charge in [0.1, 0.15) is 5.75 Å². The number of hydrogen-bond donors (Lipinski definition) is 1. The standard InChI is InChI=1S/C24H37N3O2.C2HF3O2/c1-18(2)16-28-20-11-9-19(10-12-20)24(13-7-8-14-24)22-25-21(29-26-22)15-27(6)17-23(3,4)5;3-2(4,5)1(6)7/h9-12,18H,7-8,13-17H2,1-6H3;(H,6,7). The van der Waals surface area contributed by atoms with Gasteiger partial charge in [-0.3, -0.25) is 4.90 Å². The van der Waals surface area contributed by atoms with Gasteiger partial charge in [0.25, 0.3) is 0 Å². The van der Waals surface area contributed by atoms with Crippen molar-refractivity contribution in [3.8, 4) is 5.75 Å². The highest BCUT2D eigenvalue weighted by atomic mass is 19.4. The zero-order valence-corrected chi connectivity index (χ0v) is 22.0. The minimum absolute atomic E-state index is 0.138. The molecule has 0 atom stereocenters. The minimum Gasteiger partial charge on any atom is -0.493 e. The van der Waals surface area contributed by atoms with Crippen molar-refractivity contribution < 1.29 is 32.3 Å². The number of aromatic nitrogens is 2. The van der Waals surface area contributed by atoms with Crippen molar-refractivity contribution in [1.29, 1.82) is 0 Å². The minimum atomic E-state index is -5.08. The SMILES string of the molecule is CC(C)COc1ccc(C2(c3noc(CN(C)CC(C)(C)C)n3)CCCC2)cc1.O=C(O)C(F)(F)F. The molecule has 2 aromatic rings. The maximum absolute atomic E-state index is 10.6. The molecule has 36 heavy (non-hydrogen) atoms. The summed E-state index contributed by atoms with van der Waals surface area (Å²) in [5.41, 5.74) is 1.37. The maximum Gasteiger partial charge on any atom is 0.490 e. The van der Waals surface area contributed by atoms with E-state index in [9.17, 15) is 13.2 Å². The molecule has 10 heteroatoms. The highest BCUT2D eigenvalue weighted by Gasteiger charge is 2.41. The Morgan fingerprint density at radius 2 is 1.72 bits per heavy atom. The highest BCUT2D eigenvalue weighted by molar-refractivity contribution is 5.73. The molecular weight excluding hydrogens is 475 g/mol. The van der Waals surface area contributed by atoms with E-state index < -0.39 is 12.1 Å². The van der Waals surface area contributed by atoms with E-state index in [0.29, 0.717) is 18.4 Å². The molecule has 0 aliphatic heterocycles. The van der Waals surface area contributed by atoms with Gasteiger partial charge in [-0.1, -0.05) is 64.7 Å². The normalized spacial score (nSPS) is 15.6. The molecule has 1 N–H and O–H groups in total. The molecule has 0 spiro atoms. The number of carboxylic acid groups (broad SMARTS) is 1. The number of rotatable bonds is 8. The molecule has 1 fully saturated rings. The van der Waals surface area contributed by atoms with Crippen LogP contribution in [0, 0.1) is 11.3 Å². The number of alkyl halides is 3. The summed E-state index contributed by atoms with van der Waals surface area (Å²) in [7, 11) is 2.11. The van der Waals surface area contributed by atoms with E-state index in [1.165, 1.54) is 18.4 Å². The first-order chi connectivity index (χ1) is 16.6. The molecule has 0 radical (unpaired) electrons. The number of carbonyl (C=O) groups is 1. The van der Waals surface area contributed by atoms with E-state index in [4.69, 9.17) is 24.1 Å². The Bertz CT molecular complexity index is 960. The van der Waals surface area contributed by atoms with E-state index in [-0.39, 0.29) is 10.8 Å². The smallest absolute Gasteiger partial charge is 0.490 e. The van der Waals surface area contributed by atoms with Crippen LogP contribution in [0.4, 0.5) is 13.2 Å². The topological polar surface area (TPSA) is 88.7 Å². The Morgan fingerprint density at radius 3 is 2.19 bits per heavy atom. The Labute approximate surface area is 211 Å². The number of ether oxygens (including phenoxy) is 1. The monoisotopic (exact) mass is 513 g/mol. The summed E-state index contributed by atoms with van der Waals surface area (Å²) in [5.74, 6) is 0.227. The summed E-state index contributed by atoms with van der Waals surface area (Å²) in [6, 6.07) is 8.53. The highest BCUT2D eigenvalue weighted by Crippen LogP contribution is 2.45. The van der Waals surface area contributed by atoms with Gasteiger partial charge in [0, 0.05) is 6.54 Å². The lowest BCUT2D eigenvalue weighted by molar-refractivity contribution is -0.192. The number of halogens is 3. The van der Waals surface area contributed by atoms with Crippen molar-refractivity contribution in [3.05, 3.63) is 41.5 Å². The van der Waals surface area contributed by atoms with E-state index in [1.54, 1.807) is 0 Å². The van der Waals surface area contributed by atoms with Crippen molar-refractivity contribution in [2.75, 3.05) is 20.2 Å². The molecule has 3 rings (SSSR count). The molecule has 202 valence electrons. The largest absolute Gasteiger partial charge is 0.493 e. The van der Waals surface area contributed by atoms with Gasteiger partial charge in [0.05, 0.1) is 18.6 Å². The number of aliphatic carboxylic acids is 1. The van der Waals surface area contributed by atoms with E-state index in [0.717, 1.165) is 37.6 Å². The number of hydrogen-bond acceptors (Lipinski definition) is 6. The van der Waals surface area contributed by atoms with Crippen LogP contribution in [0.25, 0.3) is 0 Å². The van der Waals surface area contributed by atoms with Gasteiger partial charge in [-0.25, -0.2) is 4.79 Å². The van der Waals surface area contributed by atoms with Crippen molar-refractivity contribution in [2.24, 2.45) is 11.3 Å². The van der Waals surface area contributed by atoms with Crippen molar-refractivity contribution in [2.45, 2.75) is 78.4 Å². The molecule has 1 aliphatic rings. The van der Waals surface area contributed by atoms with E-state index in [2.05, 4.69) is 76.0 Å². The van der Waals surface area contributed by atoms with Gasteiger partial charge in [0.15, 0.2) is 5.82 Å². The molecule has 1 saturated carbocycles. The lowest BCUT2D eigenvalue weighted by Crippen LogP contribution is -2.29. The average Bonchev–Trinajstić information content (AvgIpc) is 3.41. The van der Waals surface area contributed by atoms with Crippen molar-refractivity contribution >= 4 is 5.97 Å². The van der Waals surface area contributed by atoms with Crippen LogP contribution < -0.4 is 4.74 Å². The fourth-order valence-electron chi connectivity index (χ4n) is 4.36. The predicted octanol–water partition coefficient (Wildman–Crippen LogP) is 6.08. The summed E-state index contributed by atoms with van der Waals surface area (Å²) in [6.07, 6.45) is -0.565. The number of nitrogens with zero attached hydrogens (tertiary/aromatic N) is 3. The van der Waals surface area contributed by atoms with Gasteiger partial charge in [-0.2, -0.15) is 18.2 Å². The van der Waals surface area contributed by atoms with Crippen molar-refractivity contribution in [3.63, 3.8) is 0 Å². The van der Waals surface area contributed by atoms with Crippen LogP contribution in [0.3, 0.4) is 0 Å². The first kappa shape index (κ1) is 29.6. The lowest BCUT2D eigenvalue weighted by atomic mass is 9.78. The second-order valence-electron chi connectivity index (χ2n) is 11.1. The zero-order chi connectivity index (χ0) is 27.1. The number of benzene rings is 1. The predicted molar refractivity (Wildman–Crippen MR) is 130 cm³/mol. The summed E-state index contributed by atoms with van der Waals surface area (Å²) in [6.45, 7) is 13.4. The second-order valence-corrected chi connectivity index (χ2v) is 11.1. The van der Waals surface area contributed by atoms with Crippen molar-refractivity contribution in [1.82, 2.24) is 15.0 Å². The van der Waals surface area contributed by atoms with Gasteiger partial charge in [-0.05, 0) is 48.9 Å².